The Hall–Kier alpha value is -2.58. The average Bonchev–Trinajstić information content (AvgIpc) is 2.80. The van der Waals surface area contributed by atoms with E-state index in [1.807, 2.05) is 4.57 Å². The standard InChI is InChI=1S/C21H23ClN2O6/c1-12-8-21(9-12)11-30-16-7-17(29-5-3-4-28-2)19(22)23-18(16)14-6-15(25)13(20(26)27)10-24(14)21/h6-7,10,12H,3-5,8-9,11H2,1-2H3,(H,26,27). The summed E-state index contributed by atoms with van der Waals surface area (Å²) in [5.74, 6) is 0.0508. The van der Waals surface area contributed by atoms with E-state index in [4.69, 9.17) is 25.8 Å². The van der Waals surface area contributed by atoms with E-state index < -0.39 is 16.9 Å². The topological polar surface area (TPSA) is 99.9 Å². The van der Waals surface area contributed by atoms with E-state index in [1.54, 1.807) is 13.2 Å². The van der Waals surface area contributed by atoms with Crippen molar-refractivity contribution in [3.05, 3.63) is 39.3 Å². The predicted octanol–water partition coefficient (Wildman–Crippen LogP) is 3.19. The summed E-state index contributed by atoms with van der Waals surface area (Å²) in [6, 6.07) is 2.99. The molecule has 9 heteroatoms. The van der Waals surface area contributed by atoms with Crippen LogP contribution in [0.4, 0.5) is 0 Å². The third-order valence-corrected chi connectivity index (χ3v) is 5.92. The largest absolute Gasteiger partial charge is 0.490 e. The lowest BCUT2D eigenvalue weighted by Gasteiger charge is -2.47. The number of methoxy groups -OCH3 is 1. The first-order valence-corrected chi connectivity index (χ1v) is 10.2. The van der Waals surface area contributed by atoms with Crippen LogP contribution in [0.5, 0.6) is 11.5 Å². The lowest BCUT2D eigenvalue weighted by Crippen LogP contribution is -2.50. The zero-order chi connectivity index (χ0) is 21.5. The van der Waals surface area contributed by atoms with E-state index in [1.165, 1.54) is 12.3 Å². The van der Waals surface area contributed by atoms with Crippen LogP contribution in [-0.4, -0.2) is 47.6 Å². The summed E-state index contributed by atoms with van der Waals surface area (Å²) in [5, 5.41) is 9.59. The Morgan fingerprint density at radius 2 is 2.17 bits per heavy atom. The fourth-order valence-electron chi connectivity index (χ4n) is 4.34. The molecular formula is C21H23ClN2O6. The molecule has 0 amide bonds. The highest BCUT2D eigenvalue weighted by Crippen LogP contribution is 2.49. The highest BCUT2D eigenvalue weighted by Gasteiger charge is 2.47. The lowest BCUT2D eigenvalue weighted by atomic mass is 9.69. The molecule has 8 nitrogen and oxygen atoms in total. The molecule has 0 unspecified atom stereocenters. The minimum absolute atomic E-state index is 0.147. The van der Waals surface area contributed by atoms with Crippen molar-refractivity contribution in [2.45, 2.75) is 31.7 Å². The van der Waals surface area contributed by atoms with Crippen LogP contribution >= 0.6 is 11.6 Å². The molecular weight excluding hydrogens is 412 g/mol. The van der Waals surface area contributed by atoms with Crippen LogP contribution < -0.4 is 14.9 Å². The van der Waals surface area contributed by atoms with Crippen molar-refractivity contribution in [1.29, 1.82) is 0 Å². The number of rotatable bonds is 6. The van der Waals surface area contributed by atoms with E-state index in [0.717, 1.165) is 12.8 Å². The number of carboxylic acid groups (broad SMARTS) is 1. The number of halogens is 1. The summed E-state index contributed by atoms with van der Waals surface area (Å²) in [6.07, 6.45) is 3.73. The minimum atomic E-state index is -1.26. The summed E-state index contributed by atoms with van der Waals surface area (Å²) >= 11 is 6.35. The number of nitrogens with zero attached hydrogens (tertiary/aromatic N) is 2. The number of ether oxygens (including phenoxy) is 3. The number of carboxylic acids is 1. The molecule has 0 radical (unpaired) electrons. The van der Waals surface area contributed by atoms with Crippen molar-refractivity contribution < 1.29 is 24.1 Å². The van der Waals surface area contributed by atoms with Crippen LogP contribution in [0.3, 0.4) is 0 Å². The Labute approximate surface area is 178 Å². The highest BCUT2D eigenvalue weighted by molar-refractivity contribution is 6.31. The maximum absolute atomic E-state index is 12.5. The van der Waals surface area contributed by atoms with Gasteiger partial charge in [0.1, 0.15) is 17.9 Å². The van der Waals surface area contributed by atoms with Gasteiger partial charge in [-0.25, -0.2) is 9.78 Å². The number of hydrogen-bond donors (Lipinski definition) is 1. The summed E-state index contributed by atoms with van der Waals surface area (Å²) < 4.78 is 18.7. The minimum Gasteiger partial charge on any atom is -0.490 e. The van der Waals surface area contributed by atoms with Gasteiger partial charge in [-0.1, -0.05) is 18.5 Å². The molecule has 160 valence electrons. The van der Waals surface area contributed by atoms with E-state index in [2.05, 4.69) is 11.9 Å². The number of fused-ring (bicyclic) bond motifs is 4. The first kappa shape index (κ1) is 20.7. The van der Waals surface area contributed by atoms with Gasteiger partial charge in [0, 0.05) is 38.5 Å². The van der Waals surface area contributed by atoms with Crippen molar-refractivity contribution in [2.75, 3.05) is 26.9 Å². The number of hydrogen-bond acceptors (Lipinski definition) is 6. The molecule has 1 N–H and O–H groups in total. The average molecular weight is 435 g/mol. The van der Waals surface area contributed by atoms with Crippen LogP contribution in [-0.2, 0) is 10.3 Å². The third-order valence-electron chi connectivity index (χ3n) is 5.65. The van der Waals surface area contributed by atoms with Gasteiger partial charge in [0.25, 0.3) is 0 Å². The molecule has 2 aliphatic rings. The fraction of sp³-hybridized carbons (Fsp3) is 0.476. The molecule has 1 fully saturated rings. The number of pyridine rings is 2. The van der Waals surface area contributed by atoms with Crippen molar-refractivity contribution >= 4 is 17.6 Å². The van der Waals surface area contributed by atoms with Gasteiger partial charge in [-0.3, -0.25) is 4.79 Å². The zero-order valence-electron chi connectivity index (χ0n) is 16.8. The molecule has 2 aromatic rings. The van der Waals surface area contributed by atoms with Gasteiger partial charge in [-0.05, 0) is 18.8 Å². The van der Waals surface area contributed by atoms with Gasteiger partial charge in [0.05, 0.1) is 17.8 Å². The van der Waals surface area contributed by atoms with E-state index in [-0.39, 0.29) is 10.7 Å². The van der Waals surface area contributed by atoms with E-state index >= 15 is 0 Å². The third kappa shape index (κ3) is 3.54. The molecule has 30 heavy (non-hydrogen) atoms. The second-order valence-electron chi connectivity index (χ2n) is 7.96. The Balaban J connectivity index is 1.80. The molecule has 1 aliphatic heterocycles. The van der Waals surface area contributed by atoms with E-state index in [0.29, 0.717) is 55.0 Å². The second-order valence-corrected chi connectivity index (χ2v) is 8.32. The van der Waals surface area contributed by atoms with E-state index in [9.17, 15) is 14.7 Å². The van der Waals surface area contributed by atoms with Crippen LogP contribution in [0.2, 0.25) is 5.15 Å². The van der Waals surface area contributed by atoms with Gasteiger partial charge in [-0.15, -0.1) is 0 Å². The van der Waals surface area contributed by atoms with Crippen molar-refractivity contribution in [1.82, 2.24) is 9.55 Å². The number of aromatic carboxylic acids is 1. The van der Waals surface area contributed by atoms with Crippen molar-refractivity contribution in [3.8, 4) is 22.9 Å². The number of carbonyl (C=O) groups is 1. The molecule has 0 bridgehead atoms. The second kappa shape index (κ2) is 7.92. The predicted molar refractivity (Wildman–Crippen MR) is 110 cm³/mol. The summed E-state index contributed by atoms with van der Waals surface area (Å²) in [4.78, 5) is 28.5. The SMILES string of the molecule is COCCCOc1cc2c(nc1Cl)-c1cc(=O)c(C(=O)O)cn1C1(CO2)CC(C)C1. The highest BCUT2D eigenvalue weighted by atomic mass is 35.5. The van der Waals surface area contributed by atoms with Crippen molar-refractivity contribution in [2.24, 2.45) is 5.92 Å². The fourth-order valence-corrected chi connectivity index (χ4v) is 4.53. The molecule has 0 atom stereocenters. The summed E-state index contributed by atoms with van der Waals surface area (Å²) in [7, 11) is 1.62. The Morgan fingerprint density at radius 3 is 2.83 bits per heavy atom. The van der Waals surface area contributed by atoms with Gasteiger partial charge in [0.15, 0.2) is 22.1 Å². The maximum Gasteiger partial charge on any atom is 0.341 e. The summed E-state index contributed by atoms with van der Waals surface area (Å²) in [5.41, 5.74) is -0.390. The smallest absolute Gasteiger partial charge is 0.341 e. The molecule has 0 saturated heterocycles. The molecule has 0 aromatic carbocycles. The zero-order valence-corrected chi connectivity index (χ0v) is 17.6. The van der Waals surface area contributed by atoms with Crippen LogP contribution in [0.25, 0.3) is 11.4 Å². The van der Waals surface area contributed by atoms with Crippen LogP contribution in [0.1, 0.15) is 36.5 Å². The molecule has 1 spiro atoms. The molecule has 2 aromatic heterocycles. The Bertz CT molecular complexity index is 1040. The van der Waals surface area contributed by atoms with Gasteiger partial charge < -0.3 is 23.9 Å². The monoisotopic (exact) mass is 434 g/mol. The summed E-state index contributed by atoms with van der Waals surface area (Å²) in [6.45, 7) is 3.44. The first-order chi connectivity index (χ1) is 14.3. The number of aromatic nitrogens is 2. The molecule has 4 rings (SSSR count). The quantitative estimate of drug-likeness (QED) is 0.550. The van der Waals surface area contributed by atoms with Gasteiger partial charge in [0.2, 0.25) is 0 Å². The van der Waals surface area contributed by atoms with Gasteiger partial charge >= 0.3 is 5.97 Å². The van der Waals surface area contributed by atoms with Crippen molar-refractivity contribution in [3.63, 3.8) is 0 Å². The Kier molecular flexibility index (Phi) is 5.46. The van der Waals surface area contributed by atoms with Crippen LogP contribution in [0.15, 0.2) is 23.1 Å². The molecule has 3 heterocycles. The normalized spacial score (nSPS) is 21.8. The van der Waals surface area contributed by atoms with Gasteiger partial charge in [-0.2, -0.15) is 0 Å². The first-order valence-electron chi connectivity index (χ1n) is 9.80. The lowest BCUT2D eigenvalue weighted by molar-refractivity contribution is 0.0283. The van der Waals surface area contributed by atoms with Crippen LogP contribution in [0, 0.1) is 5.92 Å². The molecule has 1 saturated carbocycles. The molecule has 1 aliphatic carbocycles. The maximum atomic E-state index is 12.5. The Morgan fingerprint density at radius 1 is 1.40 bits per heavy atom.